The maximum Gasteiger partial charge on any atom is 0.331 e. The van der Waals surface area contributed by atoms with Crippen LogP contribution in [0.4, 0.5) is 21.0 Å². The van der Waals surface area contributed by atoms with Crippen LogP contribution in [0.25, 0.3) is 22.3 Å². The second-order valence-electron chi connectivity index (χ2n) is 17.3. The maximum absolute atomic E-state index is 12.5. The van der Waals surface area contributed by atoms with E-state index in [1.165, 1.54) is 23.6 Å². The summed E-state index contributed by atoms with van der Waals surface area (Å²) in [7, 11) is -0.349. The highest BCUT2D eigenvalue weighted by Crippen LogP contribution is 2.42. The summed E-state index contributed by atoms with van der Waals surface area (Å²) in [6.07, 6.45) is 16.2. The van der Waals surface area contributed by atoms with Gasteiger partial charge in [-0.15, -0.1) is 0 Å². The first-order valence-electron chi connectivity index (χ1n) is 21.8. The van der Waals surface area contributed by atoms with E-state index in [0.29, 0.717) is 11.8 Å². The number of pyridine rings is 2. The van der Waals surface area contributed by atoms with E-state index >= 15 is 0 Å². The van der Waals surface area contributed by atoms with Crippen molar-refractivity contribution in [1.29, 1.82) is 4.78 Å². The molecule has 4 amide bonds. The number of likely N-dealkylation sites (tertiary alicyclic amines) is 2. The molecular formula is C46H61N9O6S2. The van der Waals surface area contributed by atoms with Gasteiger partial charge in [0, 0.05) is 74.3 Å². The Morgan fingerprint density at radius 1 is 0.730 bits per heavy atom. The van der Waals surface area contributed by atoms with Crippen LogP contribution in [0.1, 0.15) is 71.9 Å². The Labute approximate surface area is 374 Å². The Balaban J connectivity index is 0.000000189. The predicted molar refractivity (Wildman–Crippen MR) is 250 cm³/mol. The highest BCUT2D eigenvalue weighted by Gasteiger charge is 2.26. The lowest BCUT2D eigenvalue weighted by Crippen LogP contribution is -2.35. The van der Waals surface area contributed by atoms with Gasteiger partial charge in [0.1, 0.15) is 33.1 Å². The molecule has 2 aliphatic carbocycles. The molecule has 4 aromatic rings. The van der Waals surface area contributed by atoms with Gasteiger partial charge in [0.05, 0.1) is 11.4 Å². The molecule has 0 bridgehead atoms. The number of carbonyl (C=O) groups is 2. The summed E-state index contributed by atoms with van der Waals surface area (Å²) in [5.74, 6) is 1.19. The Hall–Kier alpha value is -5.10. The lowest BCUT2D eigenvalue weighted by atomic mass is 9.93. The van der Waals surface area contributed by atoms with E-state index in [1.807, 2.05) is 31.2 Å². The fourth-order valence-electron chi connectivity index (χ4n) is 9.20. The number of urea groups is 2. The number of aryl methyl sites for hydroxylation is 4. The van der Waals surface area contributed by atoms with Crippen molar-refractivity contribution in [3.8, 4) is 34.0 Å². The van der Waals surface area contributed by atoms with Crippen molar-refractivity contribution in [1.82, 2.24) is 29.2 Å². The van der Waals surface area contributed by atoms with Crippen LogP contribution < -0.4 is 29.6 Å². The molecule has 8 rings (SSSR count). The average Bonchev–Trinajstić information content (AvgIpc) is 3.89. The van der Waals surface area contributed by atoms with Crippen LogP contribution in [0.2, 0.25) is 0 Å². The number of amides is 4. The van der Waals surface area contributed by atoms with Gasteiger partial charge in [0.2, 0.25) is 11.8 Å². The number of hydrogen-bond donors (Lipinski definition) is 5. The van der Waals surface area contributed by atoms with Crippen molar-refractivity contribution >= 4 is 44.3 Å². The number of carbonyl (C=O) groups excluding carboxylic acids is 2. The van der Waals surface area contributed by atoms with E-state index in [0.717, 1.165) is 146 Å². The zero-order chi connectivity index (χ0) is 44.8. The second-order valence-corrected chi connectivity index (χ2v) is 20.3. The number of rotatable bonds is 10. The summed E-state index contributed by atoms with van der Waals surface area (Å²) < 4.78 is 47.8. The summed E-state index contributed by atoms with van der Waals surface area (Å²) in [6.45, 7) is 8.16. The predicted octanol–water partition coefficient (Wildman–Crippen LogP) is 7.17. The Bertz CT molecular complexity index is 2470. The molecule has 2 atom stereocenters. The largest absolute Gasteiger partial charge is 0.474 e. The molecule has 0 radical (unpaired) electrons. The minimum absolute atomic E-state index is 0.146. The third-order valence-electron chi connectivity index (χ3n) is 12.1. The first-order chi connectivity index (χ1) is 30.1. The fourth-order valence-corrected chi connectivity index (χ4v) is 9.92. The fraction of sp³-hybridized carbons (Fsp3) is 0.478. The molecule has 2 aromatic heterocycles. The first kappa shape index (κ1) is 45.9. The quantitative estimate of drug-likeness (QED) is 0.109. The molecule has 4 aliphatic rings. The smallest absolute Gasteiger partial charge is 0.331 e. The standard InChI is InChI=1S/C23H31N5O3S.C23H30N4O3S/c1-15-13-16-5-4-6-19(16)22(26-23(29)27-32(3,24)30)21(15)17-7-10-25-20(14-17)31-18-8-11-28(2)12-9-18;1-15-13-16-5-4-6-19(16)22(25-23(28)26-31(3)29)21(15)17-7-10-24-20(14-17)30-18-8-11-27(2)12-9-18/h7,10,13-14,18H,4-6,8-9,11-12H2,1-3H3,(H3,24,26,27,29,30);7,10,13-14,18H,4-6,8-9,11-12H2,1-3H3,(H2,25,26,28). The van der Waals surface area contributed by atoms with E-state index in [-0.39, 0.29) is 12.2 Å². The van der Waals surface area contributed by atoms with Gasteiger partial charge >= 0.3 is 12.1 Å². The molecule has 2 saturated heterocycles. The molecule has 0 spiro atoms. The summed E-state index contributed by atoms with van der Waals surface area (Å²) in [5, 5.41) is 5.87. The monoisotopic (exact) mass is 899 g/mol. The van der Waals surface area contributed by atoms with Crippen molar-refractivity contribution in [3.05, 3.63) is 82.2 Å². The van der Waals surface area contributed by atoms with Crippen molar-refractivity contribution in [2.24, 2.45) is 0 Å². The summed E-state index contributed by atoms with van der Waals surface area (Å²) >= 11 is 0. The third kappa shape index (κ3) is 11.9. The molecule has 2 unspecified atom stereocenters. The molecule has 4 heterocycles. The molecule has 338 valence electrons. The number of nitrogens with one attached hydrogen (secondary N) is 5. The van der Waals surface area contributed by atoms with E-state index in [9.17, 15) is 18.0 Å². The minimum Gasteiger partial charge on any atom is -0.474 e. The van der Waals surface area contributed by atoms with E-state index in [1.54, 1.807) is 12.4 Å². The van der Waals surface area contributed by atoms with Crippen LogP contribution in [0.3, 0.4) is 0 Å². The van der Waals surface area contributed by atoms with Gasteiger partial charge in [-0.2, -0.15) is 0 Å². The van der Waals surface area contributed by atoms with Crippen molar-refractivity contribution in [2.75, 3.05) is 63.4 Å². The number of piperidine rings is 2. The normalized spacial score (nSPS) is 18.2. The summed E-state index contributed by atoms with van der Waals surface area (Å²) in [5.41, 5.74) is 12.1. The molecular weight excluding hydrogens is 839 g/mol. The number of hydrogen-bond acceptors (Lipinski definition) is 11. The summed E-state index contributed by atoms with van der Waals surface area (Å²) in [6, 6.07) is 11.1. The lowest BCUT2D eigenvalue weighted by molar-refractivity contribution is 0.110. The number of anilines is 2. The van der Waals surface area contributed by atoms with Crippen LogP contribution >= 0.6 is 0 Å². The van der Waals surface area contributed by atoms with Crippen molar-refractivity contribution < 1.29 is 27.5 Å². The molecule has 15 nitrogen and oxygen atoms in total. The number of nitrogens with zero attached hydrogens (tertiary/aromatic N) is 4. The number of ether oxygens (including phenoxy) is 2. The SMILES string of the molecule is Cc1cc2c(c(NC(=O)NS(C)(=N)=O)c1-c1ccnc(OC3CCN(C)CC3)c1)CCC2.Cc1cc2c(c(NC(=O)NS(C)=O)c1-c1ccnc(OC3CCN(C)CC3)c1)CCC2. The van der Waals surface area contributed by atoms with Gasteiger partial charge in [-0.1, -0.05) is 12.1 Å². The minimum atomic E-state index is -3.17. The van der Waals surface area contributed by atoms with Gasteiger partial charge in [-0.25, -0.2) is 32.8 Å². The van der Waals surface area contributed by atoms with Crippen LogP contribution in [0.5, 0.6) is 11.8 Å². The first-order valence-corrected chi connectivity index (χ1v) is 25.3. The zero-order valence-corrected chi connectivity index (χ0v) is 38.9. The van der Waals surface area contributed by atoms with Crippen molar-refractivity contribution in [3.63, 3.8) is 0 Å². The topological polar surface area (TPSA) is 191 Å². The number of benzene rings is 2. The molecule has 2 aromatic carbocycles. The lowest BCUT2D eigenvalue weighted by Gasteiger charge is -2.29. The van der Waals surface area contributed by atoms with Gasteiger partial charge in [0.25, 0.3) is 0 Å². The highest BCUT2D eigenvalue weighted by atomic mass is 32.2. The van der Waals surface area contributed by atoms with Crippen LogP contribution in [0.15, 0.2) is 48.8 Å². The molecule has 0 saturated carbocycles. The Kier molecular flexibility index (Phi) is 14.7. The Morgan fingerprint density at radius 2 is 1.16 bits per heavy atom. The maximum atomic E-state index is 12.5. The summed E-state index contributed by atoms with van der Waals surface area (Å²) in [4.78, 5) is 38.4. The third-order valence-corrected chi connectivity index (χ3v) is 13.2. The molecule has 2 aliphatic heterocycles. The van der Waals surface area contributed by atoms with Gasteiger partial charge in [0.15, 0.2) is 0 Å². The average molecular weight is 900 g/mol. The van der Waals surface area contributed by atoms with Crippen LogP contribution in [0, 0.1) is 18.6 Å². The van der Waals surface area contributed by atoms with E-state index in [4.69, 9.17) is 14.3 Å². The molecule has 63 heavy (non-hydrogen) atoms. The molecule has 2 fully saturated rings. The van der Waals surface area contributed by atoms with Gasteiger partial charge < -0.3 is 29.9 Å². The number of aromatic nitrogens is 2. The molecule has 5 N–H and O–H groups in total. The van der Waals surface area contributed by atoms with Gasteiger partial charge in [-0.05, 0) is 149 Å². The van der Waals surface area contributed by atoms with E-state index in [2.05, 4.69) is 73.0 Å². The number of fused-ring (bicyclic) bond motifs is 2. The van der Waals surface area contributed by atoms with E-state index < -0.39 is 33.0 Å². The zero-order valence-electron chi connectivity index (χ0n) is 37.2. The second kappa shape index (κ2) is 20.2. The van der Waals surface area contributed by atoms with Gasteiger partial charge in [-0.3, -0.25) is 9.44 Å². The molecule has 17 heteroatoms. The van der Waals surface area contributed by atoms with Crippen LogP contribution in [-0.4, -0.2) is 105 Å². The van der Waals surface area contributed by atoms with Crippen LogP contribution in [-0.2, 0) is 46.6 Å². The Morgan fingerprint density at radius 3 is 1.57 bits per heavy atom. The highest BCUT2D eigenvalue weighted by molar-refractivity contribution is 7.90. The van der Waals surface area contributed by atoms with Crippen molar-refractivity contribution in [2.45, 2.75) is 90.3 Å².